The van der Waals surface area contributed by atoms with Crippen LogP contribution in [0.25, 0.3) is 0 Å². The summed E-state index contributed by atoms with van der Waals surface area (Å²) in [7, 11) is 0. The lowest BCUT2D eigenvalue weighted by molar-refractivity contribution is -0.148. The molecule has 1 fully saturated rings. The Morgan fingerprint density at radius 3 is 2.65 bits per heavy atom. The zero-order chi connectivity index (χ0) is 14.6. The van der Waals surface area contributed by atoms with E-state index in [4.69, 9.17) is 11.6 Å². The van der Waals surface area contributed by atoms with E-state index in [1.54, 1.807) is 12.3 Å². The minimum atomic E-state index is -4.10. The predicted octanol–water partition coefficient (Wildman–Crippen LogP) is 3.42. The van der Waals surface area contributed by atoms with Gasteiger partial charge in [-0.1, -0.05) is 11.6 Å². The lowest BCUT2D eigenvalue weighted by atomic mass is 9.96. The maximum Gasteiger partial charge on any atom is 0.401 e. The molecule has 1 N–H and O–H groups in total. The van der Waals surface area contributed by atoms with Crippen LogP contribution in [0.15, 0.2) is 18.3 Å². The molecule has 1 aromatic heterocycles. The maximum atomic E-state index is 12.3. The van der Waals surface area contributed by atoms with Gasteiger partial charge < -0.3 is 5.32 Å². The Morgan fingerprint density at radius 1 is 1.35 bits per heavy atom. The second-order valence-electron chi connectivity index (χ2n) is 5.08. The average molecular weight is 308 g/mol. The fourth-order valence-electron chi connectivity index (χ4n) is 2.38. The Kier molecular flexibility index (Phi) is 5.10. The number of halogens is 4. The number of hydrogen-bond acceptors (Lipinski definition) is 3. The molecule has 0 spiro atoms. The first kappa shape index (κ1) is 15.4. The molecule has 1 aliphatic heterocycles. The van der Waals surface area contributed by atoms with Crippen LogP contribution in [0, 0.1) is 5.92 Å². The molecule has 0 bridgehead atoms. The summed E-state index contributed by atoms with van der Waals surface area (Å²) in [5, 5.41) is 3.68. The highest BCUT2D eigenvalue weighted by molar-refractivity contribution is 6.29. The van der Waals surface area contributed by atoms with Crippen molar-refractivity contribution >= 4 is 17.3 Å². The van der Waals surface area contributed by atoms with Gasteiger partial charge in [0.05, 0.1) is 6.54 Å². The van der Waals surface area contributed by atoms with Crippen molar-refractivity contribution in [2.45, 2.75) is 19.0 Å². The van der Waals surface area contributed by atoms with E-state index in [1.165, 1.54) is 4.90 Å². The molecular weight excluding hydrogens is 291 g/mol. The molecule has 1 aliphatic rings. The standard InChI is InChI=1S/C13H17ClF3N3/c14-12-7-11(1-4-18-12)19-8-10-2-5-20(6-3-10)9-13(15,16)17/h1,4,7,10H,2-3,5-6,8-9H2,(H,18,19). The minimum absolute atomic E-state index is 0.395. The van der Waals surface area contributed by atoms with E-state index in [9.17, 15) is 13.2 Å². The van der Waals surface area contributed by atoms with Crippen molar-refractivity contribution in [3.8, 4) is 0 Å². The van der Waals surface area contributed by atoms with Crippen LogP contribution >= 0.6 is 11.6 Å². The molecule has 3 nitrogen and oxygen atoms in total. The molecule has 2 rings (SSSR count). The highest BCUT2D eigenvalue weighted by Gasteiger charge is 2.32. The molecule has 0 aromatic carbocycles. The van der Waals surface area contributed by atoms with Crippen LogP contribution in [0.1, 0.15) is 12.8 Å². The number of pyridine rings is 1. The first-order valence-electron chi connectivity index (χ1n) is 6.57. The molecular formula is C13H17ClF3N3. The van der Waals surface area contributed by atoms with E-state index >= 15 is 0 Å². The molecule has 2 heterocycles. The van der Waals surface area contributed by atoms with Crippen molar-refractivity contribution in [2.75, 3.05) is 31.5 Å². The van der Waals surface area contributed by atoms with E-state index < -0.39 is 12.7 Å². The van der Waals surface area contributed by atoms with Gasteiger partial charge in [0.2, 0.25) is 0 Å². The molecule has 0 saturated carbocycles. The average Bonchev–Trinajstić information content (AvgIpc) is 2.36. The summed E-state index contributed by atoms with van der Waals surface area (Å²) in [6, 6.07) is 3.56. The van der Waals surface area contributed by atoms with Gasteiger partial charge in [-0.3, -0.25) is 4.90 Å². The third-order valence-corrected chi connectivity index (χ3v) is 3.64. The molecule has 0 radical (unpaired) electrons. The van der Waals surface area contributed by atoms with Crippen LogP contribution in [0.3, 0.4) is 0 Å². The number of aromatic nitrogens is 1. The molecule has 7 heteroatoms. The van der Waals surface area contributed by atoms with E-state index in [0.29, 0.717) is 24.2 Å². The summed E-state index contributed by atoms with van der Waals surface area (Å²) in [4.78, 5) is 5.36. The SMILES string of the molecule is FC(F)(F)CN1CCC(CNc2ccnc(Cl)c2)CC1. The normalized spacial score (nSPS) is 18.2. The quantitative estimate of drug-likeness (QED) is 0.864. The van der Waals surface area contributed by atoms with Crippen molar-refractivity contribution in [3.05, 3.63) is 23.5 Å². The molecule has 1 saturated heterocycles. The highest BCUT2D eigenvalue weighted by Crippen LogP contribution is 2.23. The Labute approximate surface area is 121 Å². The molecule has 0 unspecified atom stereocenters. The van der Waals surface area contributed by atoms with Gasteiger partial charge in [0.15, 0.2) is 0 Å². The smallest absolute Gasteiger partial charge is 0.385 e. The van der Waals surface area contributed by atoms with Crippen molar-refractivity contribution < 1.29 is 13.2 Å². The summed E-state index contributed by atoms with van der Waals surface area (Å²) < 4.78 is 36.8. The number of nitrogens with zero attached hydrogens (tertiary/aromatic N) is 2. The van der Waals surface area contributed by atoms with Gasteiger partial charge in [0.25, 0.3) is 0 Å². The van der Waals surface area contributed by atoms with Gasteiger partial charge in [-0.15, -0.1) is 0 Å². The van der Waals surface area contributed by atoms with E-state index in [2.05, 4.69) is 10.3 Å². The van der Waals surface area contributed by atoms with Gasteiger partial charge in [-0.25, -0.2) is 4.98 Å². The first-order chi connectivity index (χ1) is 9.42. The molecule has 1 aromatic rings. The Bertz CT molecular complexity index is 431. The van der Waals surface area contributed by atoms with Gasteiger partial charge in [0.1, 0.15) is 5.15 Å². The van der Waals surface area contributed by atoms with Crippen molar-refractivity contribution in [1.82, 2.24) is 9.88 Å². The lowest BCUT2D eigenvalue weighted by Crippen LogP contribution is -2.41. The molecule has 112 valence electrons. The van der Waals surface area contributed by atoms with Crippen LogP contribution in [0.5, 0.6) is 0 Å². The molecule has 0 atom stereocenters. The Balaban J connectivity index is 1.72. The summed E-state index contributed by atoms with van der Waals surface area (Å²) in [6.45, 7) is 0.958. The topological polar surface area (TPSA) is 28.2 Å². The zero-order valence-corrected chi connectivity index (χ0v) is 11.7. The van der Waals surface area contributed by atoms with Crippen molar-refractivity contribution in [1.29, 1.82) is 0 Å². The monoisotopic (exact) mass is 307 g/mol. The molecule has 0 aliphatic carbocycles. The number of likely N-dealkylation sites (tertiary alicyclic amines) is 1. The highest BCUT2D eigenvalue weighted by atomic mass is 35.5. The summed E-state index contributed by atoms with van der Waals surface area (Å²) >= 11 is 5.78. The fraction of sp³-hybridized carbons (Fsp3) is 0.615. The largest absolute Gasteiger partial charge is 0.401 e. The third-order valence-electron chi connectivity index (χ3n) is 3.43. The summed E-state index contributed by atoms with van der Waals surface area (Å²) in [5.41, 5.74) is 0.891. The third kappa shape index (κ3) is 5.17. The number of piperidine rings is 1. The summed E-state index contributed by atoms with van der Waals surface area (Å²) in [6.07, 6.45) is -0.917. The van der Waals surface area contributed by atoms with Gasteiger partial charge in [-0.2, -0.15) is 13.2 Å². The maximum absolute atomic E-state index is 12.3. The number of nitrogens with one attached hydrogen (secondary N) is 1. The molecule has 20 heavy (non-hydrogen) atoms. The van der Waals surface area contributed by atoms with Gasteiger partial charge in [0, 0.05) is 18.4 Å². The number of alkyl halides is 3. The van der Waals surface area contributed by atoms with Gasteiger partial charge in [-0.05, 0) is 44.0 Å². The second-order valence-corrected chi connectivity index (χ2v) is 5.47. The number of anilines is 1. The Morgan fingerprint density at radius 2 is 2.05 bits per heavy atom. The van der Waals surface area contributed by atoms with Crippen molar-refractivity contribution in [3.63, 3.8) is 0 Å². The van der Waals surface area contributed by atoms with Crippen LogP contribution in [-0.4, -0.2) is 42.2 Å². The van der Waals surface area contributed by atoms with Crippen LogP contribution in [-0.2, 0) is 0 Å². The van der Waals surface area contributed by atoms with E-state index in [-0.39, 0.29) is 0 Å². The van der Waals surface area contributed by atoms with Crippen molar-refractivity contribution in [2.24, 2.45) is 5.92 Å². The zero-order valence-electron chi connectivity index (χ0n) is 11.0. The van der Waals surface area contributed by atoms with Crippen LogP contribution in [0.2, 0.25) is 5.15 Å². The van der Waals surface area contributed by atoms with E-state index in [0.717, 1.165) is 25.1 Å². The van der Waals surface area contributed by atoms with Crippen LogP contribution in [0.4, 0.5) is 18.9 Å². The van der Waals surface area contributed by atoms with Crippen LogP contribution < -0.4 is 5.32 Å². The minimum Gasteiger partial charge on any atom is -0.385 e. The fourth-order valence-corrected chi connectivity index (χ4v) is 2.55. The van der Waals surface area contributed by atoms with Gasteiger partial charge >= 0.3 is 6.18 Å². The Hall–Kier alpha value is -1.01. The number of hydrogen-bond donors (Lipinski definition) is 1. The van der Waals surface area contributed by atoms with E-state index in [1.807, 2.05) is 6.07 Å². The number of rotatable bonds is 4. The molecule has 0 amide bonds. The summed E-state index contributed by atoms with van der Waals surface area (Å²) in [5.74, 6) is 0.395. The lowest BCUT2D eigenvalue weighted by Gasteiger charge is -2.32. The predicted molar refractivity (Wildman–Crippen MR) is 73.0 cm³/mol. The second kappa shape index (κ2) is 6.63. The first-order valence-corrected chi connectivity index (χ1v) is 6.95.